The van der Waals surface area contributed by atoms with Crippen molar-refractivity contribution in [2.24, 2.45) is 0 Å². The highest BCUT2D eigenvalue weighted by Crippen LogP contribution is 2.35. The van der Waals surface area contributed by atoms with E-state index in [2.05, 4.69) is 75.5 Å². The molecule has 31 heavy (non-hydrogen) atoms. The lowest BCUT2D eigenvalue weighted by Crippen LogP contribution is -2.16. The first-order valence-electron chi connectivity index (χ1n) is 11.6. The number of benzene rings is 2. The summed E-state index contributed by atoms with van der Waals surface area (Å²) < 4.78 is 2.46. The molecule has 5 rings (SSSR count). The molecule has 2 aromatic heterocycles. The first kappa shape index (κ1) is 20.0. The fourth-order valence-electron chi connectivity index (χ4n) is 4.75. The molecule has 1 N–H and O–H groups in total. The molecule has 4 aromatic rings. The quantitative estimate of drug-likeness (QED) is 0.384. The van der Waals surface area contributed by atoms with Crippen LogP contribution >= 0.6 is 0 Å². The van der Waals surface area contributed by atoms with Crippen LogP contribution < -0.4 is 5.32 Å². The number of nitrogens with zero attached hydrogens (tertiary/aromatic N) is 3. The van der Waals surface area contributed by atoms with Crippen molar-refractivity contribution in [1.29, 1.82) is 0 Å². The molecule has 0 bridgehead atoms. The van der Waals surface area contributed by atoms with Gasteiger partial charge in [-0.3, -0.25) is 4.98 Å². The average molecular weight is 411 g/mol. The lowest BCUT2D eigenvalue weighted by atomic mass is 9.95. The SMILES string of the molecule is c1ccc(CCNCc2ccc3c(c2)nc(-c2ccccn2)n3C2CCCCC2)cc1. The van der Waals surface area contributed by atoms with Crippen LogP contribution in [0.3, 0.4) is 0 Å². The zero-order valence-corrected chi connectivity index (χ0v) is 18.0. The summed E-state index contributed by atoms with van der Waals surface area (Å²) in [5.41, 5.74) is 5.93. The second kappa shape index (κ2) is 9.44. The summed E-state index contributed by atoms with van der Waals surface area (Å²) in [6.45, 7) is 1.83. The van der Waals surface area contributed by atoms with Crippen molar-refractivity contribution in [3.8, 4) is 11.5 Å². The van der Waals surface area contributed by atoms with E-state index in [9.17, 15) is 0 Å². The number of fused-ring (bicyclic) bond motifs is 1. The fourth-order valence-corrected chi connectivity index (χ4v) is 4.75. The smallest absolute Gasteiger partial charge is 0.160 e. The lowest BCUT2D eigenvalue weighted by molar-refractivity contribution is 0.362. The Morgan fingerprint density at radius 1 is 0.871 bits per heavy atom. The van der Waals surface area contributed by atoms with E-state index in [1.54, 1.807) is 0 Å². The molecule has 0 saturated heterocycles. The van der Waals surface area contributed by atoms with Crippen LogP contribution in [0.2, 0.25) is 0 Å². The number of hydrogen-bond acceptors (Lipinski definition) is 3. The Bertz CT molecular complexity index is 1110. The van der Waals surface area contributed by atoms with E-state index in [4.69, 9.17) is 4.98 Å². The van der Waals surface area contributed by atoms with Gasteiger partial charge in [0.1, 0.15) is 5.69 Å². The molecule has 0 spiro atoms. The highest BCUT2D eigenvalue weighted by Gasteiger charge is 2.22. The maximum Gasteiger partial charge on any atom is 0.160 e. The van der Waals surface area contributed by atoms with Crippen molar-refractivity contribution in [1.82, 2.24) is 19.9 Å². The van der Waals surface area contributed by atoms with E-state index < -0.39 is 0 Å². The van der Waals surface area contributed by atoms with Crippen LogP contribution in [-0.2, 0) is 13.0 Å². The number of aromatic nitrogens is 3. The first-order chi connectivity index (χ1) is 15.4. The highest BCUT2D eigenvalue weighted by atomic mass is 15.1. The Balaban J connectivity index is 1.38. The van der Waals surface area contributed by atoms with Gasteiger partial charge in [-0.1, -0.05) is 61.7 Å². The maximum absolute atomic E-state index is 5.07. The Hall–Kier alpha value is -2.98. The van der Waals surface area contributed by atoms with Gasteiger partial charge >= 0.3 is 0 Å². The molecule has 0 aliphatic heterocycles. The van der Waals surface area contributed by atoms with Crippen LogP contribution in [0.1, 0.15) is 49.3 Å². The summed E-state index contributed by atoms with van der Waals surface area (Å²) in [5, 5.41) is 3.58. The van der Waals surface area contributed by atoms with Gasteiger partial charge in [0.25, 0.3) is 0 Å². The largest absolute Gasteiger partial charge is 0.320 e. The molecule has 0 atom stereocenters. The molecule has 1 aliphatic rings. The average Bonchev–Trinajstić information content (AvgIpc) is 3.22. The molecule has 0 radical (unpaired) electrons. The normalized spacial score (nSPS) is 14.8. The zero-order valence-electron chi connectivity index (χ0n) is 18.0. The number of imidazole rings is 1. The molecule has 0 amide bonds. The van der Waals surface area contributed by atoms with Crippen molar-refractivity contribution < 1.29 is 0 Å². The molecular weight excluding hydrogens is 380 g/mol. The van der Waals surface area contributed by atoms with E-state index in [1.807, 2.05) is 12.3 Å². The molecule has 1 aliphatic carbocycles. The van der Waals surface area contributed by atoms with Gasteiger partial charge in [0, 0.05) is 18.8 Å². The number of rotatable bonds is 7. The van der Waals surface area contributed by atoms with Gasteiger partial charge in [0.15, 0.2) is 5.82 Å². The molecule has 158 valence electrons. The molecular formula is C27H30N4. The van der Waals surface area contributed by atoms with Gasteiger partial charge in [-0.2, -0.15) is 0 Å². The third-order valence-electron chi connectivity index (χ3n) is 6.35. The summed E-state index contributed by atoms with van der Waals surface area (Å²) in [7, 11) is 0. The Morgan fingerprint density at radius 2 is 1.71 bits per heavy atom. The van der Waals surface area contributed by atoms with Gasteiger partial charge in [-0.15, -0.1) is 0 Å². The van der Waals surface area contributed by atoms with E-state index >= 15 is 0 Å². The van der Waals surface area contributed by atoms with Gasteiger partial charge in [-0.25, -0.2) is 4.98 Å². The molecule has 2 aromatic carbocycles. The summed E-state index contributed by atoms with van der Waals surface area (Å²) in [6.07, 6.45) is 9.32. The van der Waals surface area contributed by atoms with Crippen molar-refractivity contribution >= 4 is 11.0 Å². The monoisotopic (exact) mass is 410 g/mol. The van der Waals surface area contributed by atoms with Gasteiger partial charge in [0.2, 0.25) is 0 Å². The van der Waals surface area contributed by atoms with Crippen LogP contribution in [-0.4, -0.2) is 21.1 Å². The van der Waals surface area contributed by atoms with Crippen molar-refractivity contribution in [2.75, 3.05) is 6.54 Å². The summed E-state index contributed by atoms with van der Waals surface area (Å²) >= 11 is 0. The van der Waals surface area contributed by atoms with E-state index in [-0.39, 0.29) is 0 Å². The number of hydrogen-bond donors (Lipinski definition) is 1. The fraction of sp³-hybridized carbons (Fsp3) is 0.333. The minimum Gasteiger partial charge on any atom is -0.320 e. The van der Waals surface area contributed by atoms with Gasteiger partial charge in [-0.05, 0) is 61.2 Å². The predicted molar refractivity (Wildman–Crippen MR) is 127 cm³/mol. The number of nitrogens with one attached hydrogen (secondary N) is 1. The third-order valence-corrected chi connectivity index (χ3v) is 6.35. The third kappa shape index (κ3) is 4.54. The van der Waals surface area contributed by atoms with Gasteiger partial charge < -0.3 is 9.88 Å². The Labute approximate surface area is 184 Å². The second-order valence-corrected chi connectivity index (χ2v) is 8.55. The van der Waals surface area contributed by atoms with Crippen LogP contribution in [0.5, 0.6) is 0 Å². The summed E-state index contributed by atoms with van der Waals surface area (Å²) in [6, 6.07) is 24.0. The van der Waals surface area contributed by atoms with Crippen molar-refractivity contribution in [3.63, 3.8) is 0 Å². The van der Waals surface area contributed by atoms with Crippen molar-refractivity contribution in [3.05, 3.63) is 84.1 Å². The minimum atomic E-state index is 0.519. The minimum absolute atomic E-state index is 0.519. The summed E-state index contributed by atoms with van der Waals surface area (Å²) in [5.74, 6) is 1.01. The lowest BCUT2D eigenvalue weighted by Gasteiger charge is -2.25. The van der Waals surface area contributed by atoms with Crippen LogP contribution in [0, 0.1) is 0 Å². The Morgan fingerprint density at radius 3 is 2.52 bits per heavy atom. The van der Waals surface area contributed by atoms with E-state index in [1.165, 1.54) is 48.7 Å². The molecule has 0 unspecified atom stereocenters. The molecule has 1 saturated carbocycles. The maximum atomic E-state index is 5.07. The van der Waals surface area contributed by atoms with Crippen molar-refractivity contribution in [2.45, 2.75) is 51.1 Å². The molecule has 4 nitrogen and oxygen atoms in total. The molecule has 4 heteroatoms. The topological polar surface area (TPSA) is 42.7 Å². The van der Waals surface area contributed by atoms with Crippen LogP contribution in [0.15, 0.2) is 72.9 Å². The summed E-state index contributed by atoms with van der Waals surface area (Å²) in [4.78, 5) is 9.68. The zero-order chi connectivity index (χ0) is 20.9. The Kier molecular flexibility index (Phi) is 6.08. The standard InChI is InChI=1S/C27H30N4/c1-3-9-21(10-4-1)16-18-28-20-22-14-15-26-25(19-22)30-27(24-13-7-8-17-29-24)31(26)23-11-5-2-6-12-23/h1,3-4,7-10,13-15,17,19,23,28H,2,5-6,11-12,16,18,20H2. The predicted octanol–water partition coefficient (Wildman–Crippen LogP) is 5.94. The van der Waals surface area contributed by atoms with Crippen LogP contribution in [0.25, 0.3) is 22.6 Å². The van der Waals surface area contributed by atoms with E-state index in [0.29, 0.717) is 6.04 Å². The second-order valence-electron chi connectivity index (χ2n) is 8.55. The van der Waals surface area contributed by atoms with E-state index in [0.717, 1.165) is 36.5 Å². The molecule has 1 fully saturated rings. The highest BCUT2D eigenvalue weighted by molar-refractivity contribution is 5.81. The first-order valence-corrected chi connectivity index (χ1v) is 11.6. The van der Waals surface area contributed by atoms with Gasteiger partial charge in [0.05, 0.1) is 11.0 Å². The van der Waals surface area contributed by atoms with Crippen LogP contribution in [0.4, 0.5) is 0 Å². The molecule has 2 heterocycles. The number of pyridine rings is 1.